The lowest BCUT2D eigenvalue weighted by molar-refractivity contribution is -0.123. The van der Waals surface area contributed by atoms with Crippen molar-refractivity contribution in [2.24, 2.45) is 5.73 Å². The first-order chi connectivity index (χ1) is 13.4. The number of nitrogens with one attached hydrogen (secondary N) is 1. The van der Waals surface area contributed by atoms with E-state index in [4.69, 9.17) is 10.5 Å². The van der Waals surface area contributed by atoms with E-state index in [-0.39, 0.29) is 0 Å². The summed E-state index contributed by atoms with van der Waals surface area (Å²) >= 11 is 0. The van der Waals surface area contributed by atoms with Gasteiger partial charge in [-0.2, -0.15) is 5.10 Å². The maximum atomic E-state index is 12.2. The molecule has 9 nitrogen and oxygen atoms in total. The van der Waals surface area contributed by atoms with E-state index in [1.165, 1.54) is 43.8 Å². The topological polar surface area (TPSA) is 129 Å². The number of benzene rings is 2. The summed E-state index contributed by atoms with van der Waals surface area (Å²) in [5.41, 5.74) is 6.98. The van der Waals surface area contributed by atoms with Gasteiger partial charge in [0.25, 0.3) is 5.91 Å². The summed E-state index contributed by atoms with van der Waals surface area (Å²) in [5, 5.41) is 6.60. The molecule has 28 heavy (non-hydrogen) atoms. The van der Waals surface area contributed by atoms with Gasteiger partial charge in [-0.3, -0.25) is 9.59 Å². The molecule has 0 aliphatic carbocycles. The minimum atomic E-state index is -1.02. The van der Waals surface area contributed by atoms with E-state index in [0.717, 1.165) is 5.69 Å². The van der Waals surface area contributed by atoms with E-state index >= 15 is 0 Å². The van der Waals surface area contributed by atoms with Crippen molar-refractivity contribution in [2.45, 2.75) is 13.0 Å². The molecule has 0 radical (unpaired) electrons. The standard InChI is InChI=1S/C19H17N5O4/c1-12(18(26)23-15-6-2-13(3-7-15)17(20)25)28-19(27)14-4-8-16(9-5-14)24-11-21-10-22-24/h2-12H,1H3,(H2,20,25)(H,23,26)/t12-/m1/s1. The monoisotopic (exact) mass is 379 g/mol. The minimum absolute atomic E-state index is 0.300. The fourth-order valence-corrected chi connectivity index (χ4v) is 2.34. The van der Waals surface area contributed by atoms with Crippen LogP contribution in [0.4, 0.5) is 5.69 Å². The first-order valence-electron chi connectivity index (χ1n) is 8.31. The van der Waals surface area contributed by atoms with Gasteiger partial charge in [-0.15, -0.1) is 0 Å². The summed E-state index contributed by atoms with van der Waals surface area (Å²) in [6.45, 7) is 1.47. The number of nitrogens with zero attached hydrogens (tertiary/aromatic N) is 3. The second-order valence-corrected chi connectivity index (χ2v) is 5.87. The van der Waals surface area contributed by atoms with Crippen LogP contribution in [0.1, 0.15) is 27.6 Å². The summed E-state index contributed by atoms with van der Waals surface area (Å²) < 4.78 is 6.75. The predicted molar refractivity (Wildman–Crippen MR) is 99.8 cm³/mol. The number of esters is 1. The van der Waals surface area contributed by atoms with Gasteiger partial charge < -0.3 is 15.8 Å². The van der Waals surface area contributed by atoms with Gasteiger partial charge in [0.15, 0.2) is 6.10 Å². The van der Waals surface area contributed by atoms with Crippen molar-refractivity contribution in [3.05, 3.63) is 72.3 Å². The van der Waals surface area contributed by atoms with Gasteiger partial charge in [0, 0.05) is 11.3 Å². The van der Waals surface area contributed by atoms with Crippen LogP contribution in [-0.2, 0) is 9.53 Å². The Hall–Kier alpha value is -4.01. The number of amides is 2. The number of carbonyl (C=O) groups is 3. The number of hydrogen-bond acceptors (Lipinski definition) is 6. The van der Waals surface area contributed by atoms with E-state index in [9.17, 15) is 14.4 Å². The van der Waals surface area contributed by atoms with Gasteiger partial charge in [0.2, 0.25) is 5.91 Å². The molecule has 0 spiro atoms. The van der Waals surface area contributed by atoms with Gasteiger partial charge in [-0.25, -0.2) is 14.5 Å². The Labute approximate surface area is 160 Å². The Kier molecular flexibility index (Phi) is 5.45. The quantitative estimate of drug-likeness (QED) is 0.625. The molecule has 1 atom stereocenters. The van der Waals surface area contributed by atoms with Crippen LogP contribution in [0.5, 0.6) is 0 Å². The lowest BCUT2D eigenvalue weighted by atomic mass is 10.2. The SMILES string of the molecule is C[C@@H](OC(=O)c1ccc(-n2cncn2)cc1)C(=O)Nc1ccc(C(N)=O)cc1. The molecule has 9 heteroatoms. The first kappa shape index (κ1) is 18.8. The van der Waals surface area contributed by atoms with Crippen LogP contribution in [0.2, 0.25) is 0 Å². The molecule has 2 aromatic carbocycles. The number of hydrogen-bond donors (Lipinski definition) is 2. The van der Waals surface area contributed by atoms with Gasteiger partial charge in [-0.1, -0.05) is 0 Å². The highest BCUT2D eigenvalue weighted by atomic mass is 16.5. The fraction of sp³-hybridized carbons (Fsp3) is 0.105. The third-order valence-electron chi connectivity index (χ3n) is 3.88. The average Bonchev–Trinajstić information content (AvgIpc) is 3.23. The molecule has 0 unspecified atom stereocenters. The summed E-state index contributed by atoms with van der Waals surface area (Å²) in [5.74, 6) is -1.69. The summed E-state index contributed by atoms with van der Waals surface area (Å²) in [4.78, 5) is 39.4. The Morgan fingerprint density at radius 2 is 1.68 bits per heavy atom. The van der Waals surface area contributed by atoms with Crippen molar-refractivity contribution < 1.29 is 19.1 Å². The molecule has 3 N–H and O–H groups in total. The zero-order chi connectivity index (χ0) is 20.1. The molecule has 3 aromatic rings. The van der Waals surface area contributed by atoms with Crippen LogP contribution in [0.15, 0.2) is 61.2 Å². The van der Waals surface area contributed by atoms with E-state index in [2.05, 4.69) is 15.4 Å². The van der Waals surface area contributed by atoms with Crippen LogP contribution in [0.25, 0.3) is 5.69 Å². The van der Waals surface area contributed by atoms with Crippen LogP contribution in [0.3, 0.4) is 0 Å². The first-order valence-corrected chi connectivity index (χ1v) is 8.31. The lowest BCUT2D eigenvalue weighted by Crippen LogP contribution is -2.30. The molecular formula is C19H17N5O4. The highest BCUT2D eigenvalue weighted by molar-refractivity contribution is 5.98. The Bertz CT molecular complexity index is 982. The van der Waals surface area contributed by atoms with E-state index < -0.39 is 23.9 Å². The normalized spacial score (nSPS) is 11.5. The van der Waals surface area contributed by atoms with Crippen molar-refractivity contribution >= 4 is 23.5 Å². The maximum absolute atomic E-state index is 12.2. The second-order valence-electron chi connectivity index (χ2n) is 5.87. The largest absolute Gasteiger partial charge is 0.449 e. The van der Waals surface area contributed by atoms with Gasteiger partial charge in [-0.05, 0) is 55.5 Å². The smallest absolute Gasteiger partial charge is 0.338 e. The molecule has 142 valence electrons. The summed E-state index contributed by atoms with van der Waals surface area (Å²) in [6, 6.07) is 12.6. The van der Waals surface area contributed by atoms with E-state index in [1.54, 1.807) is 28.9 Å². The number of rotatable bonds is 6. The maximum Gasteiger partial charge on any atom is 0.338 e. The Morgan fingerprint density at radius 3 is 2.25 bits per heavy atom. The molecule has 0 aliphatic heterocycles. The summed E-state index contributed by atoms with van der Waals surface area (Å²) in [6.07, 6.45) is 1.93. The van der Waals surface area contributed by atoms with Gasteiger partial charge in [0.05, 0.1) is 11.3 Å². The number of nitrogens with two attached hydrogens (primary N) is 1. The van der Waals surface area contributed by atoms with Crippen molar-refractivity contribution in [3.63, 3.8) is 0 Å². The fourth-order valence-electron chi connectivity index (χ4n) is 2.34. The van der Waals surface area contributed by atoms with Crippen LogP contribution < -0.4 is 11.1 Å². The third kappa shape index (κ3) is 4.39. The number of primary amides is 1. The highest BCUT2D eigenvalue weighted by Crippen LogP contribution is 2.12. The number of anilines is 1. The molecule has 0 saturated carbocycles. The predicted octanol–water partition coefficient (Wildman–Crippen LogP) is 1.55. The highest BCUT2D eigenvalue weighted by Gasteiger charge is 2.19. The average molecular weight is 379 g/mol. The molecular weight excluding hydrogens is 362 g/mol. The number of aromatic nitrogens is 3. The van der Waals surface area contributed by atoms with Gasteiger partial charge in [0.1, 0.15) is 12.7 Å². The molecule has 2 amide bonds. The van der Waals surface area contributed by atoms with Crippen LogP contribution >= 0.6 is 0 Å². The molecule has 1 aromatic heterocycles. The van der Waals surface area contributed by atoms with Gasteiger partial charge >= 0.3 is 5.97 Å². The molecule has 0 saturated heterocycles. The van der Waals surface area contributed by atoms with Crippen LogP contribution in [-0.4, -0.2) is 38.7 Å². The molecule has 0 aliphatic rings. The zero-order valence-corrected chi connectivity index (χ0v) is 14.9. The summed E-state index contributed by atoms with van der Waals surface area (Å²) in [7, 11) is 0. The number of carbonyl (C=O) groups excluding carboxylic acids is 3. The van der Waals surface area contributed by atoms with Crippen molar-refractivity contribution in [1.29, 1.82) is 0 Å². The van der Waals surface area contributed by atoms with E-state index in [1.807, 2.05) is 0 Å². The van der Waals surface area contributed by atoms with E-state index in [0.29, 0.717) is 16.8 Å². The molecule has 0 bridgehead atoms. The van der Waals surface area contributed by atoms with Crippen molar-refractivity contribution in [1.82, 2.24) is 14.8 Å². The minimum Gasteiger partial charge on any atom is -0.449 e. The lowest BCUT2D eigenvalue weighted by Gasteiger charge is -2.14. The Balaban J connectivity index is 1.58. The molecule has 0 fully saturated rings. The van der Waals surface area contributed by atoms with Crippen molar-refractivity contribution in [2.75, 3.05) is 5.32 Å². The Morgan fingerprint density at radius 1 is 1.04 bits per heavy atom. The molecule has 1 heterocycles. The zero-order valence-electron chi connectivity index (χ0n) is 14.9. The van der Waals surface area contributed by atoms with Crippen molar-refractivity contribution in [3.8, 4) is 5.69 Å². The molecule has 3 rings (SSSR count). The number of ether oxygens (including phenoxy) is 1. The van der Waals surface area contributed by atoms with Crippen LogP contribution in [0, 0.1) is 0 Å². The second kappa shape index (κ2) is 8.12. The third-order valence-corrected chi connectivity index (χ3v) is 3.88.